The van der Waals surface area contributed by atoms with Gasteiger partial charge in [-0.3, -0.25) is 14.7 Å². The average molecular weight is 668 g/mol. The van der Waals surface area contributed by atoms with E-state index in [1.165, 1.54) is 6.07 Å². The molecule has 48 heavy (non-hydrogen) atoms. The number of carbonyl (C=O) groups is 2. The molecule has 2 heterocycles. The van der Waals surface area contributed by atoms with Gasteiger partial charge in [-0.25, -0.2) is 13.8 Å². The van der Waals surface area contributed by atoms with Crippen molar-refractivity contribution in [3.63, 3.8) is 0 Å². The maximum atomic E-state index is 13.6. The van der Waals surface area contributed by atoms with Crippen LogP contribution in [-0.2, 0) is 23.5 Å². The number of ether oxygens (including phenoxy) is 1. The van der Waals surface area contributed by atoms with E-state index in [2.05, 4.69) is 25.8 Å². The molecule has 0 spiro atoms. The van der Waals surface area contributed by atoms with Crippen LogP contribution in [0.2, 0.25) is 5.02 Å². The van der Waals surface area contributed by atoms with E-state index < -0.39 is 29.0 Å². The number of rotatable bonds is 11. The standard InChI is InChI=1S/C36H28ClF2N5O4/c1-22-31(20-40-35(46)30-19-32(44-43-30)42-34(45)26-17-28(38)29(39)18-27(26)37)48-33(41-22)21-47-36(23-11-5-2-6-12-23,24-13-7-3-8-14-24)25-15-9-4-10-16-25/h2-19H,20-21H2,1H3,(H,40,46)(H2,42,43,44,45). The summed E-state index contributed by atoms with van der Waals surface area (Å²) in [5.74, 6) is -3.01. The van der Waals surface area contributed by atoms with E-state index in [4.69, 9.17) is 20.8 Å². The van der Waals surface area contributed by atoms with E-state index in [9.17, 15) is 18.4 Å². The minimum atomic E-state index is -1.23. The van der Waals surface area contributed by atoms with E-state index in [1.807, 2.05) is 91.0 Å². The Morgan fingerprint density at radius 3 is 2.00 bits per heavy atom. The molecule has 0 aliphatic rings. The normalized spacial score (nSPS) is 11.3. The number of aryl methyl sites for hydroxylation is 1. The smallest absolute Gasteiger partial charge is 0.272 e. The summed E-state index contributed by atoms with van der Waals surface area (Å²) in [7, 11) is 0. The van der Waals surface area contributed by atoms with Gasteiger partial charge in [0.05, 0.1) is 22.8 Å². The minimum Gasteiger partial charge on any atom is -0.441 e. The van der Waals surface area contributed by atoms with Gasteiger partial charge in [-0.1, -0.05) is 103 Å². The van der Waals surface area contributed by atoms with Crippen LogP contribution in [0.1, 0.15) is 54.9 Å². The van der Waals surface area contributed by atoms with E-state index in [1.54, 1.807) is 6.92 Å². The molecule has 9 nitrogen and oxygen atoms in total. The van der Waals surface area contributed by atoms with Gasteiger partial charge in [-0.05, 0) is 35.7 Å². The molecule has 6 aromatic rings. The van der Waals surface area contributed by atoms with Crippen molar-refractivity contribution in [3.8, 4) is 0 Å². The first-order chi connectivity index (χ1) is 23.2. The molecule has 4 aromatic carbocycles. The van der Waals surface area contributed by atoms with E-state index in [0.717, 1.165) is 16.7 Å². The second-order valence-electron chi connectivity index (χ2n) is 10.7. The number of nitrogens with one attached hydrogen (secondary N) is 3. The van der Waals surface area contributed by atoms with Crippen LogP contribution in [0.25, 0.3) is 0 Å². The number of anilines is 1. The molecule has 0 unspecified atom stereocenters. The van der Waals surface area contributed by atoms with Crippen molar-refractivity contribution in [1.29, 1.82) is 0 Å². The third-order valence-corrected chi connectivity index (χ3v) is 7.93. The second-order valence-corrected chi connectivity index (χ2v) is 11.1. The van der Waals surface area contributed by atoms with Gasteiger partial charge in [0.1, 0.15) is 23.8 Å². The van der Waals surface area contributed by atoms with Gasteiger partial charge in [-0.2, -0.15) is 5.10 Å². The topological polar surface area (TPSA) is 122 Å². The molecular weight excluding hydrogens is 640 g/mol. The fourth-order valence-corrected chi connectivity index (χ4v) is 5.53. The van der Waals surface area contributed by atoms with Crippen LogP contribution in [0.5, 0.6) is 0 Å². The molecule has 0 saturated heterocycles. The molecule has 0 bridgehead atoms. The van der Waals surface area contributed by atoms with Crippen LogP contribution in [0.15, 0.2) is 114 Å². The Morgan fingerprint density at radius 1 is 0.854 bits per heavy atom. The molecule has 0 fully saturated rings. The highest BCUT2D eigenvalue weighted by Crippen LogP contribution is 2.41. The number of carbonyl (C=O) groups excluding carboxylic acids is 2. The molecule has 0 aliphatic heterocycles. The summed E-state index contributed by atoms with van der Waals surface area (Å²) in [6.07, 6.45) is 0. The Hall–Kier alpha value is -5.65. The lowest BCUT2D eigenvalue weighted by atomic mass is 9.80. The minimum absolute atomic E-state index is 0.00210. The van der Waals surface area contributed by atoms with Gasteiger partial charge in [0.2, 0.25) is 5.89 Å². The summed E-state index contributed by atoms with van der Waals surface area (Å²) in [6, 6.07) is 32.4. The van der Waals surface area contributed by atoms with E-state index >= 15 is 0 Å². The molecule has 0 radical (unpaired) electrons. The fourth-order valence-electron chi connectivity index (χ4n) is 5.29. The molecule has 12 heteroatoms. The Bertz CT molecular complexity index is 1960. The molecule has 2 amide bonds. The Labute approximate surface area is 278 Å². The Balaban J connectivity index is 1.15. The van der Waals surface area contributed by atoms with Crippen molar-refractivity contribution in [2.45, 2.75) is 25.7 Å². The van der Waals surface area contributed by atoms with Crippen LogP contribution in [0.4, 0.5) is 14.6 Å². The molecular formula is C36H28ClF2N5O4. The number of benzene rings is 4. The number of oxazole rings is 1. The summed E-state index contributed by atoms with van der Waals surface area (Å²) in [6.45, 7) is 1.79. The highest BCUT2D eigenvalue weighted by Gasteiger charge is 2.38. The van der Waals surface area contributed by atoms with Gasteiger partial charge in [0.15, 0.2) is 17.3 Å². The highest BCUT2D eigenvalue weighted by atomic mass is 35.5. The van der Waals surface area contributed by atoms with Crippen molar-refractivity contribution < 1.29 is 27.5 Å². The molecule has 0 saturated carbocycles. The lowest BCUT2D eigenvalue weighted by Gasteiger charge is -2.35. The number of aromatic amines is 1. The van der Waals surface area contributed by atoms with Crippen LogP contribution >= 0.6 is 11.6 Å². The quantitative estimate of drug-likeness (QED) is 0.0983. The molecule has 3 N–H and O–H groups in total. The maximum absolute atomic E-state index is 13.6. The van der Waals surface area contributed by atoms with Gasteiger partial charge >= 0.3 is 0 Å². The van der Waals surface area contributed by atoms with Crippen LogP contribution < -0.4 is 10.6 Å². The molecule has 0 aliphatic carbocycles. The first-order valence-corrected chi connectivity index (χ1v) is 15.2. The van der Waals surface area contributed by atoms with E-state index in [0.29, 0.717) is 29.5 Å². The molecule has 0 atom stereocenters. The summed E-state index contributed by atoms with van der Waals surface area (Å²) in [4.78, 5) is 29.9. The largest absolute Gasteiger partial charge is 0.441 e. The summed E-state index contributed by atoms with van der Waals surface area (Å²) in [5.41, 5.74) is 2.06. The SMILES string of the molecule is Cc1nc(COC(c2ccccc2)(c2ccccc2)c2ccccc2)oc1CNC(=O)c1cc(NC(=O)c2cc(F)c(F)cc2Cl)[nH]n1. The van der Waals surface area contributed by atoms with Gasteiger partial charge in [0, 0.05) is 6.07 Å². The molecule has 6 rings (SSSR count). The van der Waals surface area contributed by atoms with Crippen molar-refractivity contribution in [2.24, 2.45) is 0 Å². The van der Waals surface area contributed by atoms with Gasteiger partial charge in [-0.15, -0.1) is 0 Å². The predicted molar refractivity (Wildman–Crippen MR) is 174 cm³/mol. The van der Waals surface area contributed by atoms with Crippen molar-refractivity contribution >= 4 is 29.2 Å². The lowest BCUT2D eigenvalue weighted by Crippen LogP contribution is -2.32. The number of hydrogen-bond donors (Lipinski definition) is 3. The fraction of sp³-hybridized carbons (Fsp3) is 0.111. The summed E-state index contributed by atoms with van der Waals surface area (Å²) >= 11 is 5.88. The number of nitrogens with zero attached hydrogens (tertiary/aromatic N) is 2. The second kappa shape index (κ2) is 14.0. The molecule has 242 valence electrons. The highest BCUT2D eigenvalue weighted by molar-refractivity contribution is 6.34. The zero-order chi connectivity index (χ0) is 33.7. The van der Waals surface area contributed by atoms with Crippen molar-refractivity contribution in [3.05, 3.63) is 171 Å². The maximum Gasteiger partial charge on any atom is 0.272 e. The summed E-state index contributed by atoms with van der Waals surface area (Å²) in [5, 5.41) is 11.3. The molecule has 2 aromatic heterocycles. The predicted octanol–water partition coefficient (Wildman–Crippen LogP) is 7.33. The van der Waals surface area contributed by atoms with Crippen molar-refractivity contribution in [2.75, 3.05) is 5.32 Å². The van der Waals surface area contributed by atoms with Crippen LogP contribution in [0.3, 0.4) is 0 Å². The number of H-pyrrole nitrogens is 1. The van der Waals surface area contributed by atoms with E-state index in [-0.39, 0.29) is 35.2 Å². The Kier molecular flexibility index (Phi) is 9.42. The number of aromatic nitrogens is 3. The average Bonchev–Trinajstić information content (AvgIpc) is 3.72. The van der Waals surface area contributed by atoms with Crippen molar-refractivity contribution in [1.82, 2.24) is 20.5 Å². The lowest BCUT2D eigenvalue weighted by molar-refractivity contribution is -0.0104. The number of amides is 2. The first kappa shape index (κ1) is 32.3. The number of halogens is 3. The van der Waals surface area contributed by atoms with Crippen LogP contribution in [0, 0.1) is 18.6 Å². The van der Waals surface area contributed by atoms with Gasteiger partial charge < -0.3 is 19.8 Å². The third kappa shape index (κ3) is 6.73. The third-order valence-electron chi connectivity index (χ3n) is 7.61. The van der Waals surface area contributed by atoms with Crippen LogP contribution in [-0.4, -0.2) is 27.0 Å². The zero-order valence-corrected chi connectivity index (χ0v) is 26.2. The monoisotopic (exact) mass is 667 g/mol. The summed E-state index contributed by atoms with van der Waals surface area (Å²) < 4.78 is 39.8. The number of hydrogen-bond acceptors (Lipinski definition) is 6. The zero-order valence-electron chi connectivity index (χ0n) is 25.5. The van der Waals surface area contributed by atoms with Gasteiger partial charge in [0.25, 0.3) is 11.8 Å². The first-order valence-electron chi connectivity index (χ1n) is 14.8. The Morgan fingerprint density at radius 2 is 1.42 bits per heavy atom.